The van der Waals surface area contributed by atoms with Gasteiger partial charge < -0.3 is 5.32 Å². The number of rotatable bonds is 3. The number of hydrogen-bond donors (Lipinski definition) is 1. The van der Waals surface area contributed by atoms with Crippen LogP contribution in [0.2, 0.25) is 0 Å². The number of carbonyl (C=O) groups excluding carboxylic acids is 1. The van der Waals surface area contributed by atoms with E-state index in [0.717, 1.165) is 0 Å². The minimum absolute atomic E-state index is 0.0368. The van der Waals surface area contributed by atoms with Crippen LogP contribution in [0.25, 0.3) is 0 Å². The smallest absolute Gasteiger partial charge is 0.235 e. The Bertz CT molecular complexity index is 171. The Hall–Kier alpha value is -0.680. The highest BCUT2D eigenvalue weighted by Crippen LogP contribution is 1.99. The highest BCUT2D eigenvalue weighted by Gasteiger charge is 2.11. The molecule has 0 aromatic heterocycles. The lowest BCUT2D eigenvalue weighted by Crippen LogP contribution is -2.38. The van der Waals surface area contributed by atoms with Gasteiger partial charge in [0.2, 0.25) is 5.91 Å². The summed E-state index contributed by atoms with van der Waals surface area (Å²) in [6.45, 7) is 3.89. The largest absolute Gasteiger partial charge is 0.341 e. The van der Waals surface area contributed by atoms with Gasteiger partial charge in [-0.1, -0.05) is 19.8 Å². The van der Waals surface area contributed by atoms with Crippen molar-refractivity contribution in [2.75, 3.05) is 5.88 Å². The molecule has 1 amide bonds. The first-order valence-electron chi connectivity index (χ1n) is 3.43. The van der Waals surface area contributed by atoms with E-state index in [4.69, 9.17) is 18.0 Å². The normalized spacial score (nSPS) is 12.3. The number of nitrogens with one attached hydrogen (secondary N) is 1. The number of alkyl halides is 1. The van der Waals surface area contributed by atoms with Gasteiger partial charge in [0.25, 0.3) is 0 Å². The molecule has 0 saturated carbocycles. The van der Waals surface area contributed by atoms with Crippen molar-refractivity contribution in [3.05, 3.63) is 0 Å². The van der Waals surface area contributed by atoms with Crippen LogP contribution in [0.3, 0.4) is 0 Å². The van der Waals surface area contributed by atoms with Gasteiger partial charge in [-0.2, -0.15) is 0 Å². The van der Waals surface area contributed by atoms with Gasteiger partial charge in [-0.25, -0.2) is 0 Å². The zero-order valence-corrected chi connectivity index (χ0v) is 7.48. The van der Waals surface area contributed by atoms with Crippen molar-refractivity contribution in [3.8, 4) is 12.3 Å². The Kier molecular flexibility index (Phi) is 4.72. The molecule has 0 aromatic rings. The van der Waals surface area contributed by atoms with E-state index >= 15 is 0 Å². The molecule has 1 atom stereocenters. The molecule has 0 radical (unpaired) electrons. The second-order valence-electron chi connectivity index (χ2n) is 2.59. The number of amides is 1. The van der Waals surface area contributed by atoms with E-state index in [9.17, 15) is 4.79 Å². The quantitative estimate of drug-likeness (QED) is 0.501. The summed E-state index contributed by atoms with van der Waals surface area (Å²) >= 11 is 5.28. The number of halogens is 1. The van der Waals surface area contributed by atoms with Crippen molar-refractivity contribution in [2.24, 2.45) is 5.92 Å². The van der Waals surface area contributed by atoms with Crippen LogP contribution in [0.1, 0.15) is 13.8 Å². The molecule has 0 spiro atoms. The zero-order chi connectivity index (χ0) is 8.85. The van der Waals surface area contributed by atoms with Gasteiger partial charge in [0.1, 0.15) is 5.88 Å². The third-order valence-corrected chi connectivity index (χ3v) is 1.53. The van der Waals surface area contributed by atoms with E-state index in [2.05, 4.69) is 11.2 Å². The van der Waals surface area contributed by atoms with Crippen molar-refractivity contribution in [1.82, 2.24) is 5.32 Å². The van der Waals surface area contributed by atoms with Crippen LogP contribution in [0.5, 0.6) is 0 Å². The van der Waals surface area contributed by atoms with Crippen LogP contribution >= 0.6 is 11.6 Å². The summed E-state index contributed by atoms with van der Waals surface area (Å²) in [5.41, 5.74) is 0. The topological polar surface area (TPSA) is 29.1 Å². The fourth-order valence-electron chi connectivity index (χ4n) is 0.613. The first-order chi connectivity index (χ1) is 5.11. The minimum atomic E-state index is -0.219. The van der Waals surface area contributed by atoms with Crippen molar-refractivity contribution in [3.63, 3.8) is 0 Å². The molecule has 0 saturated heterocycles. The Balaban J connectivity index is 3.91. The number of hydrogen-bond acceptors (Lipinski definition) is 1. The Morgan fingerprint density at radius 2 is 2.27 bits per heavy atom. The molecule has 1 unspecified atom stereocenters. The molecule has 11 heavy (non-hydrogen) atoms. The second-order valence-corrected chi connectivity index (χ2v) is 2.86. The second kappa shape index (κ2) is 5.03. The van der Waals surface area contributed by atoms with Gasteiger partial charge in [-0.3, -0.25) is 4.79 Å². The highest BCUT2D eigenvalue weighted by atomic mass is 35.5. The molecular formula is C8H12ClNO. The van der Waals surface area contributed by atoms with E-state index in [1.807, 2.05) is 13.8 Å². The van der Waals surface area contributed by atoms with E-state index in [1.165, 1.54) is 0 Å². The molecule has 0 aromatic carbocycles. The number of terminal acetylenes is 1. The van der Waals surface area contributed by atoms with Gasteiger partial charge in [0, 0.05) is 0 Å². The van der Waals surface area contributed by atoms with Crippen LogP contribution in [0.15, 0.2) is 0 Å². The predicted molar refractivity (Wildman–Crippen MR) is 46.3 cm³/mol. The molecular weight excluding hydrogens is 162 g/mol. The summed E-state index contributed by atoms with van der Waals surface area (Å²) in [4.78, 5) is 10.7. The average Bonchev–Trinajstić information content (AvgIpc) is 1.99. The third-order valence-electron chi connectivity index (χ3n) is 1.28. The molecule has 0 rings (SSSR count). The standard InChI is InChI=1S/C8H12ClNO/c1-4-7(6(2)3)10-8(11)5-9/h1,6-7H,5H2,2-3H3,(H,10,11). The lowest BCUT2D eigenvalue weighted by atomic mass is 10.1. The lowest BCUT2D eigenvalue weighted by molar-refractivity contribution is -0.119. The van der Waals surface area contributed by atoms with Crippen molar-refractivity contribution >= 4 is 17.5 Å². The van der Waals surface area contributed by atoms with E-state index in [-0.39, 0.29) is 23.7 Å². The van der Waals surface area contributed by atoms with Gasteiger partial charge >= 0.3 is 0 Å². The minimum Gasteiger partial charge on any atom is -0.341 e. The SMILES string of the molecule is C#CC(NC(=O)CCl)C(C)C. The molecule has 3 heteroatoms. The molecule has 0 aliphatic rings. The first kappa shape index (κ1) is 10.3. The van der Waals surface area contributed by atoms with Crippen LogP contribution in [0, 0.1) is 18.3 Å². The van der Waals surface area contributed by atoms with Crippen LogP contribution in [-0.2, 0) is 4.79 Å². The summed E-state index contributed by atoms with van der Waals surface area (Å²) < 4.78 is 0. The molecule has 0 heterocycles. The molecule has 0 fully saturated rings. The molecule has 0 bridgehead atoms. The van der Waals surface area contributed by atoms with Gasteiger partial charge in [-0.15, -0.1) is 18.0 Å². The van der Waals surface area contributed by atoms with Crippen LogP contribution in [-0.4, -0.2) is 17.8 Å². The maximum atomic E-state index is 10.7. The van der Waals surface area contributed by atoms with E-state index in [0.29, 0.717) is 0 Å². The highest BCUT2D eigenvalue weighted by molar-refractivity contribution is 6.27. The summed E-state index contributed by atoms with van der Waals surface area (Å²) in [6, 6.07) is -0.207. The van der Waals surface area contributed by atoms with Crippen molar-refractivity contribution in [2.45, 2.75) is 19.9 Å². The average molecular weight is 174 g/mol. The molecule has 1 N–H and O–H groups in total. The number of carbonyl (C=O) groups is 1. The fourth-order valence-corrected chi connectivity index (χ4v) is 0.690. The first-order valence-corrected chi connectivity index (χ1v) is 3.96. The van der Waals surface area contributed by atoms with E-state index in [1.54, 1.807) is 0 Å². The van der Waals surface area contributed by atoms with Crippen molar-refractivity contribution in [1.29, 1.82) is 0 Å². The summed E-state index contributed by atoms with van der Waals surface area (Å²) in [5.74, 6) is 2.46. The fraction of sp³-hybridized carbons (Fsp3) is 0.625. The summed E-state index contributed by atoms with van der Waals surface area (Å²) in [5, 5.41) is 2.61. The van der Waals surface area contributed by atoms with Gasteiger partial charge in [0.05, 0.1) is 6.04 Å². The lowest BCUT2D eigenvalue weighted by Gasteiger charge is -2.15. The molecule has 62 valence electrons. The zero-order valence-electron chi connectivity index (χ0n) is 6.73. The summed E-state index contributed by atoms with van der Waals surface area (Å²) in [7, 11) is 0. The third kappa shape index (κ3) is 3.90. The monoisotopic (exact) mass is 173 g/mol. The maximum Gasteiger partial charge on any atom is 0.235 e. The van der Waals surface area contributed by atoms with Gasteiger partial charge in [0.15, 0.2) is 0 Å². The Morgan fingerprint density at radius 1 is 1.73 bits per heavy atom. The molecule has 0 aliphatic carbocycles. The Morgan fingerprint density at radius 3 is 2.55 bits per heavy atom. The van der Waals surface area contributed by atoms with Gasteiger partial charge in [-0.05, 0) is 5.92 Å². The van der Waals surface area contributed by atoms with Crippen LogP contribution in [0.4, 0.5) is 0 Å². The van der Waals surface area contributed by atoms with Crippen LogP contribution < -0.4 is 5.32 Å². The van der Waals surface area contributed by atoms with E-state index < -0.39 is 0 Å². The van der Waals surface area contributed by atoms with Crippen molar-refractivity contribution < 1.29 is 4.79 Å². The maximum absolute atomic E-state index is 10.7. The molecule has 0 aliphatic heterocycles. The summed E-state index contributed by atoms with van der Waals surface area (Å²) in [6.07, 6.45) is 5.17. The molecule has 2 nitrogen and oxygen atoms in total. The predicted octanol–water partition coefficient (Wildman–Crippen LogP) is 0.999. The Labute approximate surface area is 72.3 Å².